The molecule has 1 aliphatic heterocycles. The maximum Gasteiger partial charge on any atom is 0.326 e. The fraction of sp³-hybridized carbons (Fsp3) is 0.667. The summed E-state index contributed by atoms with van der Waals surface area (Å²) in [6, 6.07) is -3.59. The van der Waals surface area contributed by atoms with E-state index < -0.39 is 60.9 Å². The fourth-order valence-corrected chi connectivity index (χ4v) is 2.75. The minimum Gasteiger partial charge on any atom is -0.480 e. The quantitative estimate of drug-likeness (QED) is 0.219. The van der Waals surface area contributed by atoms with Gasteiger partial charge in [-0.2, -0.15) is 0 Å². The first-order chi connectivity index (χ1) is 12.7. The average molecular weight is 387 g/mol. The minimum absolute atomic E-state index is 0.147. The molecule has 27 heavy (non-hydrogen) atoms. The molecule has 1 aliphatic rings. The molecule has 1 fully saturated rings. The van der Waals surface area contributed by atoms with Gasteiger partial charge in [-0.05, 0) is 19.3 Å². The normalized spacial score (nSPS) is 18.4. The van der Waals surface area contributed by atoms with Gasteiger partial charge < -0.3 is 37.2 Å². The van der Waals surface area contributed by atoms with Gasteiger partial charge in [-0.3, -0.25) is 19.2 Å². The number of amides is 4. The first-order valence-electron chi connectivity index (χ1n) is 8.43. The first kappa shape index (κ1) is 22.3. The SMILES string of the molecule is NCC(=O)NC(CO)C(=O)NC(CCC(N)=O)C(=O)N1CCCC1C(=O)O. The molecule has 3 atom stereocenters. The summed E-state index contributed by atoms with van der Waals surface area (Å²) < 4.78 is 0. The van der Waals surface area contributed by atoms with Crippen molar-refractivity contribution < 1.29 is 34.2 Å². The number of hydrogen-bond acceptors (Lipinski definition) is 7. The van der Waals surface area contributed by atoms with Gasteiger partial charge in [0.15, 0.2) is 0 Å². The Morgan fingerprint density at radius 1 is 1.15 bits per heavy atom. The van der Waals surface area contributed by atoms with Crippen molar-refractivity contribution >= 4 is 29.6 Å². The molecular weight excluding hydrogens is 362 g/mol. The van der Waals surface area contributed by atoms with Crippen LogP contribution in [0.1, 0.15) is 25.7 Å². The molecule has 1 saturated heterocycles. The number of hydrogen-bond donors (Lipinski definition) is 6. The number of carboxylic acid groups (broad SMARTS) is 1. The van der Waals surface area contributed by atoms with E-state index in [0.717, 1.165) is 4.90 Å². The van der Waals surface area contributed by atoms with Crippen LogP contribution in [0.2, 0.25) is 0 Å². The average Bonchev–Trinajstić information content (AvgIpc) is 3.11. The number of nitrogens with one attached hydrogen (secondary N) is 2. The van der Waals surface area contributed by atoms with E-state index in [1.165, 1.54) is 0 Å². The Labute approximate surface area is 155 Å². The molecule has 152 valence electrons. The van der Waals surface area contributed by atoms with Gasteiger partial charge in [0, 0.05) is 13.0 Å². The number of likely N-dealkylation sites (tertiary alicyclic amines) is 1. The van der Waals surface area contributed by atoms with Crippen molar-refractivity contribution in [2.45, 2.75) is 43.8 Å². The van der Waals surface area contributed by atoms with E-state index in [0.29, 0.717) is 6.42 Å². The molecule has 1 heterocycles. The summed E-state index contributed by atoms with van der Waals surface area (Å²) in [5.41, 5.74) is 10.2. The Morgan fingerprint density at radius 2 is 1.81 bits per heavy atom. The lowest BCUT2D eigenvalue weighted by Crippen LogP contribution is -2.57. The summed E-state index contributed by atoms with van der Waals surface area (Å²) in [4.78, 5) is 59.8. The van der Waals surface area contributed by atoms with E-state index in [-0.39, 0.29) is 25.8 Å². The van der Waals surface area contributed by atoms with Crippen LogP contribution in [0.5, 0.6) is 0 Å². The highest BCUT2D eigenvalue weighted by Crippen LogP contribution is 2.19. The van der Waals surface area contributed by atoms with Gasteiger partial charge in [-0.1, -0.05) is 0 Å². The molecule has 0 bridgehead atoms. The standard InChI is InChI=1S/C15H25N5O7/c16-6-12(23)18-9(7-21)13(24)19-8(3-4-11(17)22)14(25)20-5-1-2-10(20)15(26)27/h8-10,21H,1-7,16H2,(H2,17,22)(H,18,23)(H,19,24)(H,26,27). The first-order valence-corrected chi connectivity index (χ1v) is 8.43. The molecular formula is C15H25N5O7. The number of aliphatic hydroxyl groups excluding tert-OH is 1. The Hall–Kier alpha value is -2.73. The predicted molar refractivity (Wildman–Crippen MR) is 90.8 cm³/mol. The molecule has 0 radical (unpaired) electrons. The number of carbonyl (C=O) groups is 5. The molecule has 8 N–H and O–H groups in total. The van der Waals surface area contributed by atoms with Crippen LogP contribution in [0.25, 0.3) is 0 Å². The van der Waals surface area contributed by atoms with E-state index in [1.54, 1.807) is 0 Å². The van der Waals surface area contributed by atoms with Gasteiger partial charge in [0.2, 0.25) is 23.6 Å². The lowest BCUT2D eigenvalue weighted by molar-refractivity contribution is -0.149. The largest absolute Gasteiger partial charge is 0.480 e. The monoisotopic (exact) mass is 387 g/mol. The van der Waals surface area contributed by atoms with Gasteiger partial charge in [-0.15, -0.1) is 0 Å². The van der Waals surface area contributed by atoms with Gasteiger partial charge in [-0.25, -0.2) is 4.79 Å². The number of primary amides is 1. The number of nitrogens with zero attached hydrogens (tertiary/aromatic N) is 1. The summed E-state index contributed by atoms with van der Waals surface area (Å²) in [5, 5.41) is 23.0. The third-order valence-electron chi connectivity index (χ3n) is 4.13. The highest BCUT2D eigenvalue weighted by molar-refractivity contribution is 5.94. The van der Waals surface area contributed by atoms with Crippen molar-refractivity contribution in [2.75, 3.05) is 19.7 Å². The molecule has 0 aromatic rings. The van der Waals surface area contributed by atoms with Gasteiger partial charge in [0.1, 0.15) is 18.1 Å². The second-order valence-corrected chi connectivity index (χ2v) is 6.10. The Kier molecular flexibility index (Phi) is 8.62. The molecule has 3 unspecified atom stereocenters. The van der Waals surface area contributed by atoms with Crippen LogP contribution in [0.4, 0.5) is 0 Å². The lowest BCUT2D eigenvalue weighted by Gasteiger charge is -2.28. The Morgan fingerprint density at radius 3 is 2.33 bits per heavy atom. The summed E-state index contributed by atoms with van der Waals surface area (Å²) in [6.45, 7) is -0.941. The summed E-state index contributed by atoms with van der Waals surface area (Å²) in [7, 11) is 0. The number of carbonyl (C=O) groups excluding carboxylic acids is 4. The molecule has 0 saturated carbocycles. The van der Waals surface area contributed by atoms with Crippen molar-refractivity contribution in [2.24, 2.45) is 11.5 Å². The smallest absolute Gasteiger partial charge is 0.326 e. The van der Waals surface area contributed by atoms with Crippen LogP contribution < -0.4 is 22.1 Å². The zero-order chi connectivity index (χ0) is 20.6. The topological polar surface area (TPSA) is 205 Å². The summed E-state index contributed by atoms with van der Waals surface area (Å²) >= 11 is 0. The molecule has 0 aromatic heterocycles. The Balaban J connectivity index is 2.90. The van der Waals surface area contributed by atoms with Crippen LogP contribution in [-0.4, -0.2) is 82.5 Å². The van der Waals surface area contributed by atoms with Crippen LogP contribution in [0.15, 0.2) is 0 Å². The highest BCUT2D eigenvalue weighted by atomic mass is 16.4. The summed E-state index contributed by atoms with van der Waals surface area (Å²) in [6.07, 6.45) is 0.404. The number of aliphatic carboxylic acids is 1. The van der Waals surface area contributed by atoms with E-state index >= 15 is 0 Å². The van der Waals surface area contributed by atoms with Crippen molar-refractivity contribution in [3.8, 4) is 0 Å². The van der Waals surface area contributed by atoms with Crippen LogP contribution >= 0.6 is 0 Å². The van der Waals surface area contributed by atoms with Gasteiger partial charge in [0.25, 0.3) is 0 Å². The van der Waals surface area contributed by atoms with E-state index in [4.69, 9.17) is 11.5 Å². The maximum absolute atomic E-state index is 12.7. The zero-order valence-electron chi connectivity index (χ0n) is 14.7. The minimum atomic E-state index is -1.35. The van der Waals surface area contributed by atoms with Crippen molar-refractivity contribution in [3.63, 3.8) is 0 Å². The highest BCUT2D eigenvalue weighted by Gasteiger charge is 2.38. The molecule has 1 rings (SSSR count). The fourth-order valence-electron chi connectivity index (χ4n) is 2.75. The number of carboxylic acids is 1. The van der Waals surface area contributed by atoms with Crippen LogP contribution in [0, 0.1) is 0 Å². The molecule has 4 amide bonds. The number of rotatable bonds is 10. The third kappa shape index (κ3) is 6.49. The van der Waals surface area contributed by atoms with Gasteiger partial charge in [0.05, 0.1) is 13.2 Å². The van der Waals surface area contributed by atoms with E-state index in [2.05, 4.69) is 10.6 Å². The van der Waals surface area contributed by atoms with Crippen molar-refractivity contribution in [1.82, 2.24) is 15.5 Å². The molecule has 12 heteroatoms. The molecule has 0 aromatic carbocycles. The van der Waals surface area contributed by atoms with Crippen molar-refractivity contribution in [1.29, 1.82) is 0 Å². The van der Waals surface area contributed by atoms with Crippen LogP contribution in [-0.2, 0) is 24.0 Å². The maximum atomic E-state index is 12.7. The zero-order valence-corrected chi connectivity index (χ0v) is 14.7. The lowest BCUT2D eigenvalue weighted by atomic mass is 10.1. The second kappa shape index (κ2) is 10.4. The van der Waals surface area contributed by atoms with Crippen molar-refractivity contribution in [3.05, 3.63) is 0 Å². The number of nitrogens with two attached hydrogens (primary N) is 2. The number of aliphatic hydroxyl groups is 1. The summed E-state index contributed by atoms with van der Waals surface area (Å²) in [5.74, 6) is -4.09. The van der Waals surface area contributed by atoms with Crippen LogP contribution in [0.3, 0.4) is 0 Å². The molecule has 12 nitrogen and oxygen atoms in total. The Bertz CT molecular complexity index is 597. The molecule has 0 spiro atoms. The predicted octanol–water partition coefficient (Wildman–Crippen LogP) is -3.75. The van der Waals surface area contributed by atoms with Gasteiger partial charge >= 0.3 is 5.97 Å². The molecule has 0 aliphatic carbocycles. The van der Waals surface area contributed by atoms with E-state index in [1.807, 2.05) is 0 Å². The van der Waals surface area contributed by atoms with E-state index in [9.17, 15) is 34.2 Å². The third-order valence-corrected chi connectivity index (χ3v) is 4.13. The second-order valence-electron chi connectivity index (χ2n) is 6.10.